The summed E-state index contributed by atoms with van der Waals surface area (Å²) in [5, 5.41) is 3.15. The molecule has 0 bridgehead atoms. The second kappa shape index (κ2) is 6.75. The van der Waals surface area contributed by atoms with Gasteiger partial charge in [-0.2, -0.15) is 0 Å². The molecular formula is C12H19NOS. The highest BCUT2D eigenvalue weighted by molar-refractivity contribution is 7.99. The van der Waals surface area contributed by atoms with Gasteiger partial charge in [-0.3, -0.25) is 0 Å². The van der Waals surface area contributed by atoms with Gasteiger partial charge in [-0.15, -0.1) is 11.8 Å². The summed E-state index contributed by atoms with van der Waals surface area (Å²) in [7, 11) is 3.70. The van der Waals surface area contributed by atoms with E-state index in [0.29, 0.717) is 0 Å². The minimum atomic E-state index is 0.967. The molecule has 0 saturated carbocycles. The molecular weight excluding hydrogens is 206 g/mol. The lowest BCUT2D eigenvalue weighted by Gasteiger charge is -2.07. The summed E-state index contributed by atoms with van der Waals surface area (Å²) in [5.41, 5.74) is 1.20. The third-order valence-electron chi connectivity index (χ3n) is 2.21. The highest BCUT2D eigenvalue weighted by Gasteiger charge is 1.99. The van der Waals surface area contributed by atoms with Gasteiger partial charge in [0.15, 0.2) is 0 Å². The minimum Gasteiger partial charge on any atom is -0.496 e. The number of nitrogens with one attached hydrogen (secondary N) is 1. The Balaban J connectivity index is 2.45. The van der Waals surface area contributed by atoms with Crippen molar-refractivity contribution in [3.63, 3.8) is 0 Å². The van der Waals surface area contributed by atoms with E-state index in [9.17, 15) is 0 Å². The normalized spacial score (nSPS) is 10.3. The van der Waals surface area contributed by atoms with Crippen molar-refractivity contribution in [3.05, 3.63) is 23.8 Å². The summed E-state index contributed by atoms with van der Waals surface area (Å²) in [5.74, 6) is 2.13. The Morgan fingerprint density at radius 1 is 1.40 bits per heavy atom. The van der Waals surface area contributed by atoms with Gasteiger partial charge < -0.3 is 10.1 Å². The second-order valence-corrected chi connectivity index (χ2v) is 4.61. The molecule has 0 atom stereocenters. The Bertz CT molecular complexity index is 302. The third-order valence-corrected chi connectivity index (χ3v) is 3.29. The van der Waals surface area contributed by atoms with E-state index in [-0.39, 0.29) is 0 Å². The van der Waals surface area contributed by atoms with Gasteiger partial charge in [0.2, 0.25) is 0 Å². The SMILES string of the molecule is CNCCCSc1ccc(OC)c(C)c1. The Labute approximate surface area is 96.4 Å². The zero-order valence-electron chi connectivity index (χ0n) is 9.67. The van der Waals surface area contributed by atoms with Gasteiger partial charge in [-0.1, -0.05) is 0 Å². The first-order valence-corrected chi connectivity index (χ1v) is 6.18. The number of thioether (sulfide) groups is 1. The van der Waals surface area contributed by atoms with Crippen LogP contribution in [0.3, 0.4) is 0 Å². The highest BCUT2D eigenvalue weighted by Crippen LogP contribution is 2.25. The van der Waals surface area contributed by atoms with Gasteiger partial charge in [0.05, 0.1) is 7.11 Å². The predicted molar refractivity (Wildman–Crippen MR) is 67.0 cm³/mol. The van der Waals surface area contributed by atoms with E-state index in [0.717, 1.165) is 18.0 Å². The van der Waals surface area contributed by atoms with Gasteiger partial charge in [0.25, 0.3) is 0 Å². The minimum absolute atomic E-state index is 0.967. The summed E-state index contributed by atoms with van der Waals surface area (Å²) in [6.07, 6.45) is 1.20. The number of benzene rings is 1. The molecule has 0 unspecified atom stereocenters. The standard InChI is InChI=1S/C12H19NOS/c1-10-9-11(5-6-12(10)14-3)15-8-4-7-13-2/h5-6,9,13H,4,7-8H2,1-3H3. The Hall–Kier alpha value is -0.670. The van der Waals surface area contributed by atoms with Crippen LogP contribution in [0.5, 0.6) is 5.75 Å². The molecule has 1 rings (SSSR count). The van der Waals surface area contributed by atoms with Crippen molar-refractivity contribution in [2.45, 2.75) is 18.2 Å². The largest absolute Gasteiger partial charge is 0.496 e. The van der Waals surface area contributed by atoms with Gasteiger partial charge in [-0.25, -0.2) is 0 Å². The van der Waals surface area contributed by atoms with Gasteiger partial charge >= 0.3 is 0 Å². The topological polar surface area (TPSA) is 21.3 Å². The van der Waals surface area contributed by atoms with Crippen molar-refractivity contribution in [1.82, 2.24) is 5.32 Å². The Kier molecular flexibility index (Phi) is 5.58. The van der Waals surface area contributed by atoms with Crippen LogP contribution < -0.4 is 10.1 Å². The summed E-state index contributed by atoms with van der Waals surface area (Å²) in [6, 6.07) is 6.34. The molecule has 1 aromatic carbocycles. The molecule has 1 N–H and O–H groups in total. The van der Waals surface area contributed by atoms with Crippen molar-refractivity contribution in [3.8, 4) is 5.75 Å². The highest BCUT2D eigenvalue weighted by atomic mass is 32.2. The van der Waals surface area contributed by atoms with Gasteiger partial charge in [0, 0.05) is 4.90 Å². The van der Waals surface area contributed by atoms with Crippen molar-refractivity contribution in [2.75, 3.05) is 26.5 Å². The van der Waals surface area contributed by atoms with E-state index in [2.05, 4.69) is 24.4 Å². The monoisotopic (exact) mass is 225 g/mol. The molecule has 0 heterocycles. The zero-order chi connectivity index (χ0) is 11.1. The van der Waals surface area contributed by atoms with Crippen LogP contribution in [0.4, 0.5) is 0 Å². The smallest absolute Gasteiger partial charge is 0.121 e. The number of rotatable bonds is 6. The number of methoxy groups -OCH3 is 1. The lowest BCUT2D eigenvalue weighted by atomic mass is 10.2. The quantitative estimate of drug-likeness (QED) is 0.594. The van der Waals surface area contributed by atoms with Crippen LogP contribution in [0.15, 0.2) is 23.1 Å². The number of hydrogen-bond donors (Lipinski definition) is 1. The number of ether oxygens (including phenoxy) is 1. The maximum atomic E-state index is 5.22. The predicted octanol–water partition coefficient (Wildman–Crippen LogP) is 2.71. The van der Waals surface area contributed by atoms with E-state index >= 15 is 0 Å². The molecule has 0 aromatic heterocycles. The van der Waals surface area contributed by atoms with Crippen LogP contribution in [0, 0.1) is 6.92 Å². The lowest BCUT2D eigenvalue weighted by Crippen LogP contribution is -2.07. The third kappa shape index (κ3) is 4.14. The van der Waals surface area contributed by atoms with E-state index < -0.39 is 0 Å². The van der Waals surface area contributed by atoms with Crippen LogP contribution in [-0.2, 0) is 0 Å². The van der Waals surface area contributed by atoms with Crippen molar-refractivity contribution >= 4 is 11.8 Å². The van der Waals surface area contributed by atoms with Crippen LogP contribution in [0.2, 0.25) is 0 Å². The average Bonchev–Trinajstić information content (AvgIpc) is 2.25. The van der Waals surface area contributed by atoms with E-state index in [1.807, 2.05) is 24.9 Å². The summed E-state index contributed by atoms with van der Waals surface area (Å²) >= 11 is 1.90. The first-order valence-electron chi connectivity index (χ1n) is 5.20. The molecule has 0 aliphatic rings. The molecule has 0 radical (unpaired) electrons. The van der Waals surface area contributed by atoms with Gasteiger partial charge in [0.1, 0.15) is 5.75 Å². The molecule has 0 aliphatic heterocycles. The van der Waals surface area contributed by atoms with Crippen LogP contribution in [-0.4, -0.2) is 26.5 Å². The van der Waals surface area contributed by atoms with E-state index in [4.69, 9.17) is 4.74 Å². The fourth-order valence-electron chi connectivity index (χ4n) is 1.38. The molecule has 0 spiro atoms. The molecule has 2 nitrogen and oxygen atoms in total. The molecule has 0 fully saturated rings. The van der Waals surface area contributed by atoms with Crippen LogP contribution in [0.25, 0.3) is 0 Å². The fourth-order valence-corrected chi connectivity index (χ4v) is 2.33. The summed E-state index contributed by atoms with van der Waals surface area (Å²) in [6.45, 7) is 3.17. The summed E-state index contributed by atoms with van der Waals surface area (Å²) in [4.78, 5) is 1.32. The second-order valence-electron chi connectivity index (χ2n) is 3.44. The first-order chi connectivity index (χ1) is 7.27. The van der Waals surface area contributed by atoms with E-state index in [1.165, 1.54) is 16.9 Å². The number of hydrogen-bond acceptors (Lipinski definition) is 3. The summed E-state index contributed by atoms with van der Waals surface area (Å²) < 4.78 is 5.22. The molecule has 3 heteroatoms. The molecule has 0 amide bonds. The van der Waals surface area contributed by atoms with Crippen molar-refractivity contribution in [1.29, 1.82) is 0 Å². The Morgan fingerprint density at radius 2 is 2.20 bits per heavy atom. The van der Waals surface area contributed by atoms with Crippen molar-refractivity contribution in [2.24, 2.45) is 0 Å². The molecule has 84 valence electrons. The van der Waals surface area contributed by atoms with Crippen LogP contribution in [0.1, 0.15) is 12.0 Å². The zero-order valence-corrected chi connectivity index (χ0v) is 10.5. The molecule has 15 heavy (non-hydrogen) atoms. The number of aryl methyl sites for hydroxylation is 1. The lowest BCUT2D eigenvalue weighted by molar-refractivity contribution is 0.411. The molecule has 0 saturated heterocycles. The fraction of sp³-hybridized carbons (Fsp3) is 0.500. The molecule has 0 aliphatic carbocycles. The van der Waals surface area contributed by atoms with Crippen LogP contribution >= 0.6 is 11.8 Å². The average molecular weight is 225 g/mol. The van der Waals surface area contributed by atoms with Gasteiger partial charge in [-0.05, 0) is 56.5 Å². The Morgan fingerprint density at radius 3 is 2.80 bits per heavy atom. The maximum absolute atomic E-state index is 5.22. The molecule has 1 aromatic rings. The maximum Gasteiger partial charge on any atom is 0.121 e. The van der Waals surface area contributed by atoms with E-state index in [1.54, 1.807) is 7.11 Å². The van der Waals surface area contributed by atoms with Crippen molar-refractivity contribution < 1.29 is 4.74 Å². The first kappa shape index (κ1) is 12.4.